The molecule has 1 saturated carbocycles. The van der Waals surface area contributed by atoms with Crippen molar-refractivity contribution >= 4 is 11.8 Å². The van der Waals surface area contributed by atoms with E-state index in [1.54, 1.807) is 14.2 Å². The van der Waals surface area contributed by atoms with Crippen molar-refractivity contribution < 1.29 is 19.1 Å². The predicted molar refractivity (Wildman–Crippen MR) is 95.5 cm³/mol. The van der Waals surface area contributed by atoms with Gasteiger partial charge in [-0.1, -0.05) is 25.8 Å². The second-order valence-corrected chi connectivity index (χ2v) is 6.35. The van der Waals surface area contributed by atoms with Gasteiger partial charge in [0.2, 0.25) is 11.8 Å². The molecule has 1 aliphatic carbocycles. The number of hydrogen-bond donors (Lipinski definition) is 2. The number of hydrogen-bond acceptors (Lipinski definition) is 4. The largest absolute Gasteiger partial charge is 0.493 e. The van der Waals surface area contributed by atoms with Crippen molar-refractivity contribution in [2.45, 2.75) is 39.2 Å². The lowest BCUT2D eigenvalue weighted by atomic mass is 10.2. The smallest absolute Gasteiger partial charge is 0.224 e. The molecule has 6 heteroatoms. The lowest BCUT2D eigenvalue weighted by Crippen LogP contribution is -2.30. The second kappa shape index (κ2) is 9.30. The molecular weight excluding hydrogens is 320 g/mol. The van der Waals surface area contributed by atoms with Gasteiger partial charge in [0.1, 0.15) is 0 Å². The van der Waals surface area contributed by atoms with Gasteiger partial charge >= 0.3 is 0 Å². The molecule has 2 unspecified atom stereocenters. The molecule has 0 aliphatic heterocycles. The summed E-state index contributed by atoms with van der Waals surface area (Å²) in [4.78, 5) is 24.2. The van der Waals surface area contributed by atoms with E-state index in [0.717, 1.165) is 24.8 Å². The van der Waals surface area contributed by atoms with E-state index in [2.05, 4.69) is 17.6 Å². The second-order valence-electron chi connectivity index (χ2n) is 6.35. The summed E-state index contributed by atoms with van der Waals surface area (Å²) in [5.41, 5.74) is 0.923. The quantitative estimate of drug-likeness (QED) is 0.636. The van der Waals surface area contributed by atoms with Crippen LogP contribution in [0, 0.1) is 11.8 Å². The highest BCUT2D eigenvalue weighted by Crippen LogP contribution is 2.38. The van der Waals surface area contributed by atoms with Gasteiger partial charge in [-0.3, -0.25) is 9.59 Å². The van der Waals surface area contributed by atoms with Crippen LogP contribution < -0.4 is 20.1 Å². The highest BCUT2D eigenvalue weighted by atomic mass is 16.5. The van der Waals surface area contributed by atoms with E-state index in [-0.39, 0.29) is 23.7 Å². The number of amides is 2. The molecule has 25 heavy (non-hydrogen) atoms. The number of carbonyl (C=O) groups excluding carboxylic acids is 2. The number of ether oxygens (including phenoxy) is 2. The third-order valence-electron chi connectivity index (χ3n) is 4.46. The van der Waals surface area contributed by atoms with E-state index in [4.69, 9.17) is 9.47 Å². The van der Waals surface area contributed by atoms with Crippen LogP contribution in [0.4, 0.5) is 0 Å². The average molecular weight is 348 g/mol. The minimum atomic E-state index is -0.202. The van der Waals surface area contributed by atoms with Crippen molar-refractivity contribution in [1.29, 1.82) is 0 Å². The van der Waals surface area contributed by atoms with Gasteiger partial charge in [-0.25, -0.2) is 0 Å². The van der Waals surface area contributed by atoms with Gasteiger partial charge in [0.15, 0.2) is 11.5 Å². The van der Waals surface area contributed by atoms with Crippen LogP contribution in [0.25, 0.3) is 0 Å². The molecule has 6 nitrogen and oxygen atoms in total. The van der Waals surface area contributed by atoms with E-state index in [9.17, 15) is 9.59 Å². The van der Waals surface area contributed by atoms with Crippen LogP contribution in [-0.2, 0) is 16.1 Å². The molecule has 2 N–H and O–H groups in total. The first-order valence-corrected chi connectivity index (χ1v) is 8.87. The SMILES string of the molecule is CCCCCNC(=O)C1CC1C(=O)NCc1ccc(OC)c(OC)c1. The molecular formula is C19H28N2O4. The fourth-order valence-electron chi connectivity index (χ4n) is 2.80. The first kappa shape index (κ1) is 19.1. The zero-order valence-corrected chi connectivity index (χ0v) is 15.3. The number of nitrogens with one attached hydrogen (secondary N) is 2. The van der Waals surface area contributed by atoms with Gasteiger partial charge in [0.05, 0.1) is 26.1 Å². The monoisotopic (exact) mass is 348 g/mol. The van der Waals surface area contributed by atoms with Crippen LogP contribution in [0.3, 0.4) is 0 Å². The molecule has 2 amide bonds. The maximum atomic E-state index is 12.2. The van der Waals surface area contributed by atoms with E-state index < -0.39 is 0 Å². The summed E-state index contributed by atoms with van der Waals surface area (Å²) in [7, 11) is 3.16. The van der Waals surface area contributed by atoms with Crippen LogP contribution in [0.1, 0.15) is 38.2 Å². The highest BCUT2D eigenvalue weighted by molar-refractivity contribution is 5.92. The van der Waals surface area contributed by atoms with E-state index >= 15 is 0 Å². The summed E-state index contributed by atoms with van der Waals surface area (Å²) in [5.74, 6) is 0.841. The number of unbranched alkanes of at least 4 members (excludes halogenated alkanes) is 2. The van der Waals surface area contributed by atoms with Crippen molar-refractivity contribution in [3.05, 3.63) is 23.8 Å². The number of benzene rings is 1. The lowest BCUT2D eigenvalue weighted by Gasteiger charge is -2.10. The summed E-state index contributed by atoms with van der Waals surface area (Å²) in [5, 5.41) is 5.81. The van der Waals surface area contributed by atoms with Crippen LogP contribution >= 0.6 is 0 Å². The first-order chi connectivity index (χ1) is 12.1. The Balaban J connectivity index is 1.75. The molecule has 2 rings (SSSR count). The third kappa shape index (κ3) is 5.37. The Labute approximate surface area is 149 Å². The summed E-state index contributed by atoms with van der Waals surface area (Å²) >= 11 is 0. The third-order valence-corrected chi connectivity index (χ3v) is 4.46. The maximum absolute atomic E-state index is 12.2. The van der Waals surface area contributed by atoms with Crippen LogP contribution in [0.2, 0.25) is 0 Å². The molecule has 2 atom stereocenters. The van der Waals surface area contributed by atoms with Crippen LogP contribution in [0.15, 0.2) is 18.2 Å². The Kier molecular flexibility index (Phi) is 7.10. The highest BCUT2D eigenvalue weighted by Gasteiger charge is 2.47. The molecule has 0 aromatic heterocycles. The number of carbonyl (C=O) groups is 2. The van der Waals surface area contributed by atoms with E-state index in [1.165, 1.54) is 0 Å². The van der Waals surface area contributed by atoms with Gasteiger partial charge in [0, 0.05) is 13.1 Å². The van der Waals surface area contributed by atoms with Gasteiger partial charge in [-0.2, -0.15) is 0 Å². The summed E-state index contributed by atoms with van der Waals surface area (Å²) in [6.45, 7) is 3.23. The minimum absolute atomic E-state index is 0.00219. The zero-order valence-electron chi connectivity index (χ0n) is 15.3. The fourth-order valence-corrected chi connectivity index (χ4v) is 2.80. The first-order valence-electron chi connectivity index (χ1n) is 8.87. The average Bonchev–Trinajstić information content (AvgIpc) is 3.43. The Morgan fingerprint density at radius 2 is 1.72 bits per heavy atom. The van der Waals surface area contributed by atoms with Gasteiger partial charge < -0.3 is 20.1 Å². The van der Waals surface area contributed by atoms with Crippen molar-refractivity contribution in [2.75, 3.05) is 20.8 Å². The van der Waals surface area contributed by atoms with Crippen LogP contribution in [-0.4, -0.2) is 32.6 Å². The van der Waals surface area contributed by atoms with Crippen molar-refractivity contribution in [1.82, 2.24) is 10.6 Å². The van der Waals surface area contributed by atoms with E-state index in [1.807, 2.05) is 18.2 Å². The molecule has 0 saturated heterocycles. The molecule has 138 valence electrons. The Morgan fingerprint density at radius 1 is 1.04 bits per heavy atom. The Hall–Kier alpha value is -2.24. The molecule has 0 spiro atoms. The van der Waals surface area contributed by atoms with Gasteiger partial charge in [-0.05, 0) is 30.5 Å². The molecule has 1 aromatic carbocycles. The van der Waals surface area contributed by atoms with Crippen molar-refractivity contribution in [3.63, 3.8) is 0 Å². The van der Waals surface area contributed by atoms with Crippen molar-refractivity contribution in [3.8, 4) is 11.5 Å². The fraction of sp³-hybridized carbons (Fsp3) is 0.579. The Morgan fingerprint density at radius 3 is 2.36 bits per heavy atom. The summed E-state index contributed by atoms with van der Waals surface area (Å²) in [6.07, 6.45) is 3.86. The topological polar surface area (TPSA) is 76.7 Å². The maximum Gasteiger partial charge on any atom is 0.224 e. The molecule has 1 fully saturated rings. The Bertz CT molecular complexity index is 603. The summed E-state index contributed by atoms with van der Waals surface area (Å²) < 4.78 is 10.5. The molecule has 0 heterocycles. The molecule has 0 bridgehead atoms. The summed E-state index contributed by atoms with van der Waals surface area (Å²) in [6, 6.07) is 5.53. The zero-order chi connectivity index (χ0) is 18.2. The lowest BCUT2D eigenvalue weighted by molar-refractivity contribution is -0.127. The predicted octanol–water partition coefficient (Wildman–Crippen LogP) is 2.26. The molecule has 0 radical (unpaired) electrons. The number of methoxy groups -OCH3 is 2. The molecule has 1 aromatic rings. The normalized spacial score (nSPS) is 18.4. The standard InChI is InChI=1S/C19H28N2O4/c1-4-5-6-9-20-18(22)14-11-15(14)19(23)21-12-13-7-8-16(24-2)17(10-13)25-3/h7-8,10,14-15H,4-6,9,11-12H2,1-3H3,(H,20,22)(H,21,23). The van der Waals surface area contributed by atoms with Gasteiger partial charge in [0.25, 0.3) is 0 Å². The minimum Gasteiger partial charge on any atom is -0.493 e. The van der Waals surface area contributed by atoms with E-state index in [0.29, 0.717) is 31.0 Å². The van der Waals surface area contributed by atoms with Gasteiger partial charge in [-0.15, -0.1) is 0 Å². The van der Waals surface area contributed by atoms with Crippen LogP contribution in [0.5, 0.6) is 11.5 Å². The number of rotatable bonds is 10. The van der Waals surface area contributed by atoms with Crippen molar-refractivity contribution in [2.24, 2.45) is 11.8 Å². The molecule has 1 aliphatic rings.